The summed E-state index contributed by atoms with van der Waals surface area (Å²) in [7, 11) is 1.41. The number of aliphatic hydroxyl groups excluding tert-OH is 1. The van der Waals surface area contributed by atoms with Gasteiger partial charge in [0.2, 0.25) is 5.78 Å². The number of rotatable bonds is 2. The molecule has 3 N–H and O–H groups in total. The molecule has 2 aromatic carbocycles. The third-order valence-corrected chi connectivity index (χ3v) is 4.87. The molecule has 2 aliphatic heterocycles. The predicted molar refractivity (Wildman–Crippen MR) is 100 cm³/mol. The second-order valence-electron chi connectivity index (χ2n) is 7.32. The summed E-state index contributed by atoms with van der Waals surface area (Å²) in [6, 6.07) is 5.83. The highest BCUT2D eigenvalue weighted by atomic mass is 16.5. The molecule has 0 aromatic heterocycles. The molecule has 2 aromatic rings. The number of carbonyl (C=O) groups is 1. The molecule has 0 spiro atoms. The molecule has 0 saturated heterocycles. The first-order valence-electron chi connectivity index (χ1n) is 8.76. The van der Waals surface area contributed by atoms with Gasteiger partial charge in [-0.25, -0.2) is 0 Å². The van der Waals surface area contributed by atoms with E-state index in [-0.39, 0.29) is 28.6 Å². The van der Waals surface area contributed by atoms with Crippen LogP contribution in [0, 0.1) is 0 Å². The molecule has 146 valence electrons. The first-order chi connectivity index (χ1) is 13.2. The zero-order valence-corrected chi connectivity index (χ0v) is 15.6. The zero-order valence-electron chi connectivity index (χ0n) is 15.6. The van der Waals surface area contributed by atoms with Crippen molar-refractivity contribution in [1.82, 2.24) is 0 Å². The summed E-state index contributed by atoms with van der Waals surface area (Å²) in [6.45, 7) is 3.73. The number of aliphatic hydroxyl groups is 1. The highest BCUT2D eigenvalue weighted by molar-refractivity contribution is 6.07. The van der Waals surface area contributed by atoms with Crippen molar-refractivity contribution in [3.63, 3.8) is 0 Å². The maximum Gasteiger partial charge on any atom is 0.202 e. The lowest BCUT2D eigenvalue weighted by molar-refractivity contribution is 0.0200. The van der Waals surface area contributed by atoms with Crippen LogP contribution in [0.4, 0.5) is 0 Å². The molecule has 0 radical (unpaired) electrons. The Morgan fingerprint density at radius 1 is 1.14 bits per heavy atom. The number of benzene rings is 2. The van der Waals surface area contributed by atoms with E-state index in [9.17, 15) is 20.1 Å². The van der Waals surface area contributed by atoms with E-state index in [0.29, 0.717) is 16.9 Å². The van der Waals surface area contributed by atoms with E-state index < -0.39 is 23.6 Å². The smallest absolute Gasteiger partial charge is 0.202 e. The van der Waals surface area contributed by atoms with Crippen LogP contribution in [0.1, 0.15) is 41.4 Å². The van der Waals surface area contributed by atoms with Crippen molar-refractivity contribution in [3.05, 3.63) is 47.0 Å². The van der Waals surface area contributed by atoms with Crippen LogP contribution < -0.4 is 14.2 Å². The van der Waals surface area contributed by atoms with Crippen molar-refractivity contribution in [2.24, 2.45) is 0 Å². The number of hydrogen-bond donors (Lipinski definition) is 3. The lowest BCUT2D eigenvalue weighted by atomic mass is 9.90. The van der Waals surface area contributed by atoms with Crippen LogP contribution in [0.25, 0.3) is 6.08 Å². The Labute approximate surface area is 161 Å². The van der Waals surface area contributed by atoms with E-state index in [2.05, 4.69) is 0 Å². The molecule has 0 aliphatic carbocycles. The highest BCUT2D eigenvalue weighted by Crippen LogP contribution is 2.48. The topological polar surface area (TPSA) is 105 Å². The van der Waals surface area contributed by atoms with Gasteiger partial charge in [0.25, 0.3) is 0 Å². The van der Waals surface area contributed by atoms with Gasteiger partial charge >= 0.3 is 0 Å². The van der Waals surface area contributed by atoms with Crippen molar-refractivity contribution in [2.75, 3.05) is 7.11 Å². The molecular weight excluding hydrogens is 364 g/mol. The van der Waals surface area contributed by atoms with Crippen molar-refractivity contribution in [3.8, 4) is 28.7 Å². The van der Waals surface area contributed by atoms with E-state index in [0.717, 1.165) is 0 Å². The van der Waals surface area contributed by atoms with Gasteiger partial charge in [0.15, 0.2) is 12.2 Å². The van der Waals surface area contributed by atoms with Crippen molar-refractivity contribution >= 4 is 11.9 Å². The Kier molecular flexibility index (Phi) is 4.01. The molecule has 4 rings (SSSR count). The summed E-state index contributed by atoms with van der Waals surface area (Å²) in [5.41, 5.74) is 0.0899. The van der Waals surface area contributed by atoms with Gasteiger partial charge in [-0.1, -0.05) is 0 Å². The number of fused-ring (bicyclic) bond motifs is 2. The van der Waals surface area contributed by atoms with Crippen LogP contribution in [-0.2, 0) is 0 Å². The van der Waals surface area contributed by atoms with E-state index in [4.69, 9.17) is 14.2 Å². The summed E-state index contributed by atoms with van der Waals surface area (Å²) in [5, 5.41) is 30.9. The fourth-order valence-electron chi connectivity index (χ4n) is 3.47. The molecule has 0 saturated carbocycles. The second-order valence-corrected chi connectivity index (χ2v) is 7.32. The van der Waals surface area contributed by atoms with Crippen molar-refractivity contribution in [1.29, 1.82) is 0 Å². The van der Waals surface area contributed by atoms with Crippen LogP contribution in [0.2, 0.25) is 0 Å². The van der Waals surface area contributed by atoms with Crippen molar-refractivity contribution < 1.29 is 34.3 Å². The number of methoxy groups -OCH3 is 1. The van der Waals surface area contributed by atoms with Crippen LogP contribution in [0.15, 0.2) is 30.3 Å². The number of hydrogen-bond acceptors (Lipinski definition) is 7. The Balaban J connectivity index is 1.83. The lowest BCUT2D eigenvalue weighted by Crippen LogP contribution is -2.37. The number of phenolic OH excluding ortho intramolecular Hbond substituents is 2. The highest BCUT2D eigenvalue weighted by Gasteiger charge is 2.42. The number of ether oxygens (including phenoxy) is 3. The Bertz CT molecular complexity index is 1010. The maximum absolute atomic E-state index is 12.9. The number of ketones is 1. The quantitative estimate of drug-likeness (QED) is 0.731. The average Bonchev–Trinajstić information content (AvgIpc) is 2.63. The van der Waals surface area contributed by atoms with Crippen LogP contribution in [0.5, 0.6) is 28.7 Å². The van der Waals surface area contributed by atoms with Gasteiger partial charge in [0, 0.05) is 17.7 Å². The molecule has 0 unspecified atom stereocenters. The van der Waals surface area contributed by atoms with Gasteiger partial charge in [-0.3, -0.25) is 4.79 Å². The summed E-state index contributed by atoms with van der Waals surface area (Å²) < 4.78 is 17.0. The molecule has 2 heterocycles. The number of aromatic hydroxyl groups is 2. The number of carbonyl (C=O) groups excluding carboxylic acids is 1. The van der Waals surface area contributed by atoms with Crippen LogP contribution in [-0.4, -0.2) is 39.9 Å². The number of Topliss-reactive ketones (excluding diaryl/α,β-unsaturated/α-hetero) is 1. The third kappa shape index (κ3) is 2.75. The summed E-state index contributed by atoms with van der Waals surface area (Å²) in [6.07, 6.45) is 0.833. The molecule has 0 bridgehead atoms. The largest absolute Gasteiger partial charge is 0.508 e. The van der Waals surface area contributed by atoms with E-state index in [1.54, 1.807) is 18.2 Å². The third-order valence-electron chi connectivity index (χ3n) is 4.87. The SMILES string of the molecule is COc1cc(O)ccc1[C@H]1Oc2cc3c(c(O)c2C(=O)[C@@H]1O)C=CC(C)(C)O3. The van der Waals surface area contributed by atoms with Crippen molar-refractivity contribution in [2.45, 2.75) is 31.7 Å². The average molecular weight is 384 g/mol. The van der Waals surface area contributed by atoms with Gasteiger partial charge in [-0.15, -0.1) is 0 Å². The molecular formula is C21H20O7. The molecule has 2 aliphatic rings. The van der Waals surface area contributed by atoms with Gasteiger partial charge in [0.05, 0.1) is 12.7 Å². The number of phenols is 2. The lowest BCUT2D eigenvalue weighted by Gasteiger charge is -2.34. The molecule has 0 fully saturated rings. The first-order valence-corrected chi connectivity index (χ1v) is 8.76. The minimum Gasteiger partial charge on any atom is -0.508 e. The van der Waals surface area contributed by atoms with Crippen LogP contribution >= 0.6 is 0 Å². The normalized spacial score (nSPS) is 21.9. The van der Waals surface area contributed by atoms with E-state index >= 15 is 0 Å². The van der Waals surface area contributed by atoms with Gasteiger partial charge in [-0.2, -0.15) is 0 Å². The molecule has 28 heavy (non-hydrogen) atoms. The summed E-state index contributed by atoms with van der Waals surface area (Å²) >= 11 is 0. The molecule has 2 atom stereocenters. The Morgan fingerprint density at radius 2 is 1.89 bits per heavy atom. The van der Waals surface area contributed by atoms with Gasteiger partial charge < -0.3 is 29.5 Å². The van der Waals surface area contributed by atoms with E-state index in [1.807, 2.05) is 13.8 Å². The minimum absolute atomic E-state index is 0.0215. The summed E-state index contributed by atoms with van der Waals surface area (Å²) in [4.78, 5) is 12.9. The Hall–Kier alpha value is -3.19. The second kappa shape index (κ2) is 6.17. The zero-order chi connectivity index (χ0) is 20.2. The maximum atomic E-state index is 12.9. The Morgan fingerprint density at radius 3 is 2.61 bits per heavy atom. The van der Waals surface area contributed by atoms with E-state index in [1.165, 1.54) is 25.3 Å². The van der Waals surface area contributed by atoms with Gasteiger partial charge in [-0.05, 0) is 38.1 Å². The molecule has 7 nitrogen and oxygen atoms in total. The fraction of sp³-hybridized carbons (Fsp3) is 0.286. The van der Waals surface area contributed by atoms with Gasteiger partial charge in [0.1, 0.15) is 39.9 Å². The molecule has 0 amide bonds. The fourth-order valence-corrected chi connectivity index (χ4v) is 3.47. The van der Waals surface area contributed by atoms with Crippen LogP contribution in [0.3, 0.4) is 0 Å². The minimum atomic E-state index is -1.56. The predicted octanol–water partition coefficient (Wildman–Crippen LogP) is 2.97. The standard InChI is InChI=1S/C21H20O7/c1-21(2)7-6-11-14(28-21)9-15-16(17(11)23)18(24)19(25)20(27-15)12-5-4-10(22)8-13(12)26-3/h4-9,19-20,22-23,25H,1-3H3/t19-,20+/m0/s1. The first kappa shape index (κ1) is 18.2. The molecule has 7 heteroatoms. The monoisotopic (exact) mass is 384 g/mol. The summed E-state index contributed by atoms with van der Waals surface area (Å²) in [5.74, 6) is -0.226.